The molecule has 1 aliphatic rings. The summed E-state index contributed by atoms with van der Waals surface area (Å²) in [7, 11) is 0. The maximum Gasteiger partial charge on any atom is 0.324 e. The van der Waals surface area contributed by atoms with Crippen LogP contribution in [0.25, 0.3) is 0 Å². The van der Waals surface area contributed by atoms with E-state index in [0.29, 0.717) is 11.4 Å². The van der Waals surface area contributed by atoms with Gasteiger partial charge in [0.15, 0.2) is 0 Å². The largest absolute Gasteiger partial charge is 0.480 e. The fraction of sp³-hybridized carbons (Fsp3) is 0.462. The van der Waals surface area contributed by atoms with Gasteiger partial charge in [0, 0.05) is 10.9 Å². The van der Waals surface area contributed by atoms with E-state index in [4.69, 9.17) is 11.6 Å². The standard InChI is InChI=1S/C13H16ClNO2/c1-9(10-3-5-11(14)6-4-10)13(12(16)17)7-2-8-15-13/h3-6,9,15H,2,7-8H2,1H3,(H,16,17). The van der Waals surface area contributed by atoms with Crippen molar-refractivity contribution in [2.75, 3.05) is 6.54 Å². The summed E-state index contributed by atoms with van der Waals surface area (Å²) in [5.74, 6) is -0.836. The number of carbonyl (C=O) groups is 1. The molecule has 0 saturated carbocycles. The van der Waals surface area contributed by atoms with Gasteiger partial charge < -0.3 is 10.4 Å². The molecule has 2 unspecified atom stereocenters. The van der Waals surface area contributed by atoms with Crippen LogP contribution in [0, 0.1) is 0 Å². The van der Waals surface area contributed by atoms with Gasteiger partial charge in [0.25, 0.3) is 0 Å². The summed E-state index contributed by atoms with van der Waals surface area (Å²) < 4.78 is 0. The number of carboxylic acid groups (broad SMARTS) is 1. The molecule has 0 bridgehead atoms. The average Bonchev–Trinajstić information content (AvgIpc) is 2.79. The van der Waals surface area contributed by atoms with Crippen molar-refractivity contribution in [3.05, 3.63) is 34.9 Å². The molecule has 0 aromatic heterocycles. The minimum absolute atomic E-state index is 0.0697. The Morgan fingerprint density at radius 1 is 1.47 bits per heavy atom. The first-order valence-corrected chi connectivity index (χ1v) is 6.18. The van der Waals surface area contributed by atoms with E-state index < -0.39 is 11.5 Å². The Morgan fingerprint density at radius 3 is 2.59 bits per heavy atom. The van der Waals surface area contributed by atoms with Crippen molar-refractivity contribution in [2.45, 2.75) is 31.2 Å². The normalized spacial score (nSPS) is 25.8. The summed E-state index contributed by atoms with van der Waals surface area (Å²) in [6, 6.07) is 7.41. The molecule has 0 aliphatic carbocycles. The molecule has 1 fully saturated rings. The predicted octanol–water partition coefficient (Wildman–Crippen LogP) is 2.65. The maximum atomic E-state index is 11.5. The third kappa shape index (κ3) is 2.17. The minimum Gasteiger partial charge on any atom is -0.480 e. The topological polar surface area (TPSA) is 49.3 Å². The summed E-state index contributed by atoms with van der Waals surface area (Å²) in [5.41, 5.74) is 0.180. The van der Waals surface area contributed by atoms with Crippen LogP contribution in [-0.4, -0.2) is 23.2 Å². The van der Waals surface area contributed by atoms with Crippen LogP contribution in [0.1, 0.15) is 31.2 Å². The molecule has 1 heterocycles. The highest BCUT2D eigenvalue weighted by Crippen LogP contribution is 2.35. The number of rotatable bonds is 3. The second-order valence-corrected chi connectivity index (χ2v) is 5.02. The summed E-state index contributed by atoms with van der Waals surface area (Å²) in [6.45, 7) is 2.72. The van der Waals surface area contributed by atoms with E-state index in [1.165, 1.54) is 0 Å². The lowest BCUT2D eigenvalue weighted by atomic mass is 9.79. The van der Waals surface area contributed by atoms with E-state index >= 15 is 0 Å². The molecule has 1 saturated heterocycles. The number of hydrogen-bond donors (Lipinski definition) is 2. The molecule has 2 N–H and O–H groups in total. The molecule has 1 aromatic carbocycles. The SMILES string of the molecule is CC(c1ccc(Cl)cc1)C1(C(=O)O)CCCN1. The smallest absolute Gasteiger partial charge is 0.324 e. The van der Waals surface area contributed by atoms with Crippen molar-refractivity contribution >= 4 is 17.6 Å². The van der Waals surface area contributed by atoms with Crippen molar-refractivity contribution in [1.29, 1.82) is 0 Å². The molecule has 17 heavy (non-hydrogen) atoms. The lowest BCUT2D eigenvalue weighted by Gasteiger charge is -2.31. The number of halogens is 1. The molecule has 4 heteroatoms. The van der Waals surface area contributed by atoms with Crippen LogP contribution < -0.4 is 5.32 Å². The number of benzene rings is 1. The molecule has 2 rings (SSSR count). The van der Waals surface area contributed by atoms with Crippen LogP contribution in [0.2, 0.25) is 5.02 Å². The van der Waals surface area contributed by atoms with E-state index in [-0.39, 0.29) is 5.92 Å². The molecular weight excluding hydrogens is 238 g/mol. The minimum atomic E-state index is -0.826. The number of carboxylic acids is 1. The van der Waals surface area contributed by atoms with Crippen molar-refractivity contribution < 1.29 is 9.90 Å². The monoisotopic (exact) mass is 253 g/mol. The first-order chi connectivity index (χ1) is 8.06. The zero-order valence-corrected chi connectivity index (χ0v) is 10.5. The van der Waals surface area contributed by atoms with Gasteiger partial charge in [0.05, 0.1) is 0 Å². The summed E-state index contributed by atoms with van der Waals surface area (Å²) >= 11 is 5.84. The summed E-state index contributed by atoms with van der Waals surface area (Å²) in [6.07, 6.45) is 1.58. The Hall–Kier alpha value is -1.06. The van der Waals surface area contributed by atoms with Gasteiger partial charge in [0.2, 0.25) is 0 Å². The fourth-order valence-electron chi connectivity index (χ4n) is 2.54. The molecule has 92 valence electrons. The summed E-state index contributed by atoms with van der Waals surface area (Å²) in [4.78, 5) is 11.5. The second kappa shape index (κ2) is 4.67. The molecule has 2 atom stereocenters. The Bertz CT molecular complexity index is 410. The van der Waals surface area contributed by atoms with Gasteiger partial charge in [-0.2, -0.15) is 0 Å². The number of nitrogens with one attached hydrogen (secondary N) is 1. The molecular formula is C13H16ClNO2. The highest BCUT2D eigenvalue weighted by atomic mass is 35.5. The molecule has 3 nitrogen and oxygen atoms in total. The lowest BCUT2D eigenvalue weighted by molar-refractivity contribution is -0.145. The van der Waals surface area contributed by atoms with Gasteiger partial charge in [-0.1, -0.05) is 30.7 Å². The first kappa shape index (κ1) is 12.4. The third-order valence-corrected chi connectivity index (χ3v) is 3.93. The van der Waals surface area contributed by atoms with Crippen LogP contribution >= 0.6 is 11.6 Å². The van der Waals surface area contributed by atoms with Crippen LogP contribution in [0.5, 0.6) is 0 Å². The number of hydrogen-bond acceptors (Lipinski definition) is 2. The Morgan fingerprint density at radius 2 is 2.12 bits per heavy atom. The van der Waals surface area contributed by atoms with E-state index in [2.05, 4.69) is 5.32 Å². The predicted molar refractivity (Wildman–Crippen MR) is 67.5 cm³/mol. The Balaban J connectivity index is 2.31. The lowest BCUT2D eigenvalue weighted by Crippen LogP contribution is -2.51. The quantitative estimate of drug-likeness (QED) is 0.871. The maximum absolute atomic E-state index is 11.5. The van der Waals surface area contributed by atoms with Crippen molar-refractivity contribution in [3.63, 3.8) is 0 Å². The van der Waals surface area contributed by atoms with Crippen molar-refractivity contribution in [1.82, 2.24) is 5.32 Å². The highest BCUT2D eigenvalue weighted by molar-refractivity contribution is 6.30. The zero-order valence-electron chi connectivity index (χ0n) is 9.74. The molecule has 0 spiro atoms. The number of aliphatic carboxylic acids is 1. The summed E-state index contributed by atoms with van der Waals surface area (Å²) in [5, 5.41) is 13.3. The van der Waals surface area contributed by atoms with E-state index in [0.717, 1.165) is 18.5 Å². The first-order valence-electron chi connectivity index (χ1n) is 5.80. The van der Waals surface area contributed by atoms with Crippen LogP contribution in [0.3, 0.4) is 0 Å². The Kier molecular flexibility index (Phi) is 3.40. The Labute approximate surface area is 106 Å². The van der Waals surface area contributed by atoms with Crippen LogP contribution in [0.4, 0.5) is 0 Å². The molecule has 0 radical (unpaired) electrons. The highest BCUT2D eigenvalue weighted by Gasteiger charge is 2.46. The zero-order chi connectivity index (χ0) is 12.5. The molecule has 1 aromatic rings. The van der Waals surface area contributed by atoms with Gasteiger partial charge >= 0.3 is 5.97 Å². The molecule has 0 amide bonds. The second-order valence-electron chi connectivity index (χ2n) is 4.58. The van der Waals surface area contributed by atoms with Crippen LogP contribution in [-0.2, 0) is 4.79 Å². The van der Waals surface area contributed by atoms with E-state index in [1.54, 1.807) is 12.1 Å². The fourth-order valence-corrected chi connectivity index (χ4v) is 2.67. The van der Waals surface area contributed by atoms with Gasteiger partial charge in [0.1, 0.15) is 5.54 Å². The van der Waals surface area contributed by atoms with Gasteiger partial charge in [-0.25, -0.2) is 0 Å². The van der Waals surface area contributed by atoms with E-state index in [1.807, 2.05) is 19.1 Å². The third-order valence-electron chi connectivity index (χ3n) is 3.68. The van der Waals surface area contributed by atoms with Gasteiger partial charge in [-0.05, 0) is 37.1 Å². The molecule has 1 aliphatic heterocycles. The van der Waals surface area contributed by atoms with Crippen LogP contribution in [0.15, 0.2) is 24.3 Å². The average molecular weight is 254 g/mol. The van der Waals surface area contributed by atoms with E-state index in [9.17, 15) is 9.90 Å². The van der Waals surface area contributed by atoms with Crippen molar-refractivity contribution in [2.24, 2.45) is 0 Å². The van der Waals surface area contributed by atoms with Gasteiger partial charge in [-0.15, -0.1) is 0 Å². The van der Waals surface area contributed by atoms with Crippen molar-refractivity contribution in [3.8, 4) is 0 Å². The van der Waals surface area contributed by atoms with Gasteiger partial charge in [-0.3, -0.25) is 4.79 Å².